The molecule has 0 saturated heterocycles. The summed E-state index contributed by atoms with van der Waals surface area (Å²) in [5, 5.41) is 0. The van der Waals surface area contributed by atoms with Crippen molar-refractivity contribution in [3.63, 3.8) is 0 Å². The Bertz CT molecular complexity index is 680. The van der Waals surface area contributed by atoms with E-state index in [1.54, 1.807) is 6.92 Å². The van der Waals surface area contributed by atoms with Crippen molar-refractivity contribution in [1.29, 1.82) is 0 Å². The number of rotatable bonds is 3. The van der Waals surface area contributed by atoms with Gasteiger partial charge in [-0.3, -0.25) is 0 Å². The van der Waals surface area contributed by atoms with Crippen LogP contribution in [-0.2, 0) is 0 Å². The minimum absolute atomic E-state index is 0.313. The predicted octanol–water partition coefficient (Wildman–Crippen LogP) is 5.11. The third-order valence-electron chi connectivity index (χ3n) is 3.12. The smallest absolute Gasteiger partial charge is 0.190 e. The van der Waals surface area contributed by atoms with Gasteiger partial charge < -0.3 is 4.74 Å². The summed E-state index contributed by atoms with van der Waals surface area (Å²) in [4.78, 5) is 0. The molecule has 0 aliphatic carbocycles. The second-order valence-electron chi connectivity index (χ2n) is 4.37. The van der Waals surface area contributed by atoms with E-state index in [1.807, 2.05) is 24.3 Å². The second kappa shape index (κ2) is 5.75. The summed E-state index contributed by atoms with van der Waals surface area (Å²) >= 11 is 3.36. The number of hydrogen-bond donors (Lipinski definition) is 0. The Labute approximate surface area is 125 Å². The van der Waals surface area contributed by atoms with Gasteiger partial charge in [-0.05, 0) is 47.4 Å². The van der Waals surface area contributed by atoms with E-state index in [2.05, 4.69) is 22.5 Å². The van der Waals surface area contributed by atoms with E-state index >= 15 is 0 Å². The van der Waals surface area contributed by atoms with Gasteiger partial charge in [0.15, 0.2) is 17.4 Å². The van der Waals surface area contributed by atoms with Crippen LogP contribution in [-0.4, -0.2) is 7.11 Å². The first-order valence-corrected chi connectivity index (χ1v) is 6.72. The SMILES string of the molecule is C=C(c1cccc(Br)c1)c1cc(F)c(OC)c(F)c1C. The van der Waals surface area contributed by atoms with E-state index in [0.29, 0.717) is 16.7 Å². The molecule has 0 atom stereocenters. The molecule has 0 spiro atoms. The van der Waals surface area contributed by atoms with Crippen LogP contribution >= 0.6 is 15.9 Å². The molecule has 0 aliphatic heterocycles. The van der Waals surface area contributed by atoms with Crippen LogP contribution in [0, 0.1) is 18.6 Å². The topological polar surface area (TPSA) is 9.23 Å². The zero-order chi connectivity index (χ0) is 14.9. The molecule has 0 fully saturated rings. The Kier molecular flexibility index (Phi) is 4.23. The van der Waals surface area contributed by atoms with Crippen molar-refractivity contribution in [3.05, 3.63) is 69.7 Å². The largest absolute Gasteiger partial charge is 0.491 e. The molecular formula is C16H13BrF2O. The molecule has 0 bridgehead atoms. The highest BCUT2D eigenvalue weighted by Gasteiger charge is 2.18. The van der Waals surface area contributed by atoms with E-state index in [4.69, 9.17) is 4.74 Å². The number of methoxy groups -OCH3 is 1. The van der Waals surface area contributed by atoms with Gasteiger partial charge in [-0.15, -0.1) is 0 Å². The Morgan fingerprint density at radius 2 is 1.95 bits per heavy atom. The van der Waals surface area contributed by atoms with E-state index in [9.17, 15) is 8.78 Å². The maximum atomic E-state index is 14.1. The first kappa shape index (κ1) is 14.7. The van der Waals surface area contributed by atoms with Gasteiger partial charge in [-0.1, -0.05) is 34.6 Å². The normalized spacial score (nSPS) is 10.4. The number of ether oxygens (including phenoxy) is 1. The van der Waals surface area contributed by atoms with Crippen molar-refractivity contribution in [2.24, 2.45) is 0 Å². The molecule has 0 aliphatic rings. The van der Waals surface area contributed by atoms with Crippen molar-refractivity contribution in [2.75, 3.05) is 7.11 Å². The van der Waals surface area contributed by atoms with Crippen molar-refractivity contribution in [2.45, 2.75) is 6.92 Å². The van der Waals surface area contributed by atoms with Gasteiger partial charge in [0.2, 0.25) is 0 Å². The van der Waals surface area contributed by atoms with E-state index in [-0.39, 0.29) is 5.75 Å². The van der Waals surface area contributed by atoms with Crippen LogP contribution in [0.4, 0.5) is 8.78 Å². The first-order chi connectivity index (χ1) is 9.45. The van der Waals surface area contributed by atoms with Crippen molar-refractivity contribution >= 4 is 21.5 Å². The Morgan fingerprint density at radius 1 is 1.25 bits per heavy atom. The summed E-state index contributed by atoms with van der Waals surface area (Å²) in [5.41, 5.74) is 2.10. The van der Waals surface area contributed by atoms with Crippen LogP contribution in [0.25, 0.3) is 5.57 Å². The lowest BCUT2D eigenvalue weighted by molar-refractivity contribution is 0.358. The molecule has 0 radical (unpaired) electrons. The van der Waals surface area contributed by atoms with Crippen molar-refractivity contribution < 1.29 is 13.5 Å². The average molecular weight is 339 g/mol. The number of halogens is 3. The monoisotopic (exact) mass is 338 g/mol. The fourth-order valence-corrected chi connectivity index (χ4v) is 2.43. The van der Waals surface area contributed by atoms with Crippen molar-refractivity contribution in [1.82, 2.24) is 0 Å². The first-order valence-electron chi connectivity index (χ1n) is 5.93. The molecule has 0 N–H and O–H groups in total. The summed E-state index contributed by atoms with van der Waals surface area (Å²) in [6, 6.07) is 8.66. The molecule has 0 saturated carbocycles. The summed E-state index contributed by atoms with van der Waals surface area (Å²) in [6.07, 6.45) is 0. The molecule has 104 valence electrons. The average Bonchev–Trinajstić information content (AvgIpc) is 2.42. The molecule has 2 rings (SSSR count). The molecule has 1 nitrogen and oxygen atoms in total. The molecule has 2 aromatic rings. The minimum atomic E-state index is -0.734. The molecule has 20 heavy (non-hydrogen) atoms. The molecular weight excluding hydrogens is 326 g/mol. The Hall–Kier alpha value is -1.68. The summed E-state index contributed by atoms with van der Waals surface area (Å²) in [6.45, 7) is 5.52. The van der Waals surface area contributed by atoms with Crippen LogP contribution in [0.5, 0.6) is 5.75 Å². The number of hydrogen-bond acceptors (Lipinski definition) is 1. The fourth-order valence-electron chi connectivity index (χ4n) is 2.03. The van der Waals surface area contributed by atoms with Gasteiger partial charge in [0.1, 0.15) is 0 Å². The lowest BCUT2D eigenvalue weighted by atomic mass is 9.95. The zero-order valence-corrected chi connectivity index (χ0v) is 12.7. The van der Waals surface area contributed by atoms with Gasteiger partial charge in [-0.25, -0.2) is 8.78 Å². The van der Waals surface area contributed by atoms with Crippen LogP contribution < -0.4 is 4.74 Å². The maximum Gasteiger partial charge on any atom is 0.190 e. The molecule has 2 aromatic carbocycles. The fraction of sp³-hybridized carbons (Fsp3) is 0.125. The van der Waals surface area contributed by atoms with E-state index in [0.717, 1.165) is 10.0 Å². The highest BCUT2D eigenvalue weighted by Crippen LogP contribution is 2.33. The second-order valence-corrected chi connectivity index (χ2v) is 5.28. The van der Waals surface area contributed by atoms with E-state index < -0.39 is 11.6 Å². The minimum Gasteiger partial charge on any atom is -0.491 e. The highest BCUT2D eigenvalue weighted by molar-refractivity contribution is 9.10. The molecule has 0 heterocycles. The summed E-state index contributed by atoms with van der Waals surface area (Å²) in [5.74, 6) is -1.80. The predicted molar refractivity (Wildman–Crippen MR) is 79.9 cm³/mol. The third-order valence-corrected chi connectivity index (χ3v) is 3.62. The van der Waals surface area contributed by atoms with Crippen LogP contribution in [0.15, 0.2) is 41.4 Å². The van der Waals surface area contributed by atoms with Gasteiger partial charge >= 0.3 is 0 Å². The van der Waals surface area contributed by atoms with Crippen LogP contribution in [0.3, 0.4) is 0 Å². The standard InChI is InChI=1S/C16H13BrF2O/c1-9(11-5-4-6-12(17)7-11)13-8-14(18)16(20-3)15(19)10(13)2/h4-8H,1H2,2-3H3. The Morgan fingerprint density at radius 3 is 2.55 bits per heavy atom. The molecule has 4 heteroatoms. The van der Waals surface area contributed by atoms with Gasteiger partial charge in [-0.2, -0.15) is 0 Å². The van der Waals surface area contributed by atoms with E-state index in [1.165, 1.54) is 13.2 Å². The van der Waals surface area contributed by atoms with Crippen LogP contribution in [0.2, 0.25) is 0 Å². The van der Waals surface area contributed by atoms with Crippen molar-refractivity contribution in [3.8, 4) is 5.75 Å². The molecule has 0 amide bonds. The molecule has 0 unspecified atom stereocenters. The molecule has 0 aromatic heterocycles. The maximum absolute atomic E-state index is 14.1. The van der Waals surface area contributed by atoms with Gasteiger partial charge in [0.05, 0.1) is 7.11 Å². The number of benzene rings is 2. The zero-order valence-electron chi connectivity index (χ0n) is 11.1. The third kappa shape index (κ3) is 2.61. The highest BCUT2D eigenvalue weighted by atomic mass is 79.9. The quantitative estimate of drug-likeness (QED) is 0.755. The summed E-state index contributed by atoms with van der Waals surface area (Å²) < 4.78 is 33.5. The Balaban J connectivity index is 2.56. The van der Waals surface area contributed by atoms with Gasteiger partial charge in [0.25, 0.3) is 0 Å². The van der Waals surface area contributed by atoms with Crippen LogP contribution in [0.1, 0.15) is 16.7 Å². The lowest BCUT2D eigenvalue weighted by Crippen LogP contribution is -2.00. The summed E-state index contributed by atoms with van der Waals surface area (Å²) in [7, 11) is 1.24. The lowest BCUT2D eigenvalue weighted by Gasteiger charge is -2.14. The van der Waals surface area contributed by atoms with Gasteiger partial charge in [0, 0.05) is 4.47 Å².